The van der Waals surface area contributed by atoms with Crippen LogP contribution in [-0.4, -0.2) is 103 Å². The Morgan fingerprint density at radius 3 is 1.81 bits per heavy atom. The molecule has 19 heteroatoms. The second kappa shape index (κ2) is 21.4. The van der Waals surface area contributed by atoms with Gasteiger partial charge in [-0.1, -0.05) is 35.9 Å². The minimum absolute atomic E-state index is 0.0303. The van der Waals surface area contributed by atoms with E-state index < -0.39 is 77.8 Å². The number of amides is 6. The van der Waals surface area contributed by atoms with Crippen molar-refractivity contribution in [2.75, 3.05) is 19.6 Å². The van der Waals surface area contributed by atoms with Crippen molar-refractivity contribution in [2.24, 2.45) is 22.9 Å². The lowest BCUT2D eigenvalue weighted by molar-refractivity contribution is -0.140. The van der Waals surface area contributed by atoms with Gasteiger partial charge in [0, 0.05) is 23.7 Å². The normalized spacial score (nSPS) is 14.3. The molecular weight excluding hydrogens is 700 g/mol. The molecule has 0 spiro atoms. The molecule has 0 heterocycles. The van der Waals surface area contributed by atoms with Gasteiger partial charge in [-0.25, -0.2) is 0 Å². The van der Waals surface area contributed by atoms with Crippen molar-refractivity contribution in [3.05, 3.63) is 59.1 Å². The lowest BCUT2D eigenvalue weighted by atomic mass is 10.0. The van der Waals surface area contributed by atoms with E-state index in [0.717, 1.165) is 11.1 Å². The molecule has 0 aromatic heterocycles. The van der Waals surface area contributed by atoms with E-state index in [9.17, 15) is 38.7 Å². The number of carbonyl (C=O) groups excluding carboxylic acids is 7. The van der Waals surface area contributed by atoms with Crippen LogP contribution in [0.15, 0.2) is 48.5 Å². The Morgan fingerprint density at radius 2 is 1.27 bits per heavy atom. The Morgan fingerprint density at radius 1 is 0.712 bits per heavy atom. The summed E-state index contributed by atoms with van der Waals surface area (Å²) in [4.78, 5) is 88.8. The molecule has 0 unspecified atom stereocenters. The summed E-state index contributed by atoms with van der Waals surface area (Å²) in [5.41, 5.74) is 24.7. The van der Waals surface area contributed by atoms with Crippen LogP contribution in [0.4, 0.5) is 0 Å². The number of ketones is 1. The van der Waals surface area contributed by atoms with E-state index in [4.69, 9.17) is 34.5 Å². The smallest absolute Gasteiger partial charge is 0.291 e. The lowest BCUT2D eigenvalue weighted by Gasteiger charge is -2.26. The number of nitrogens with one attached hydrogen (secondary N) is 6. The summed E-state index contributed by atoms with van der Waals surface area (Å²) >= 11 is 5.94. The predicted molar refractivity (Wildman–Crippen MR) is 192 cm³/mol. The molecule has 0 saturated heterocycles. The molecule has 0 fully saturated rings. The van der Waals surface area contributed by atoms with Gasteiger partial charge >= 0.3 is 0 Å². The second-order valence-corrected chi connectivity index (χ2v) is 12.1. The molecule has 0 saturated carbocycles. The Kier molecular flexibility index (Phi) is 17.8. The average molecular weight is 747 g/mol. The zero-order chi connectivity index (χ0) is 39.0. The van der Waals surface area contributed by atoms with E-state index in [1.165, 1.54) is 6.92 Å². The standard InChI is InChI=1S/C33H47ClN10O8/c1-3-39-32(51)25(46)26(37)43-29(48)22(6-4-5-15-35)40-33(52)27(38)44-31(50)24(17(2)45)42-30(49)23(16-36)41-28(47)20-9-7-18(8-10-20)19-11-13-21(34)14-12-19/h7-14,17,22-24,26-27,45H,3-6,15-16,35-38H2,1-2H3,(H,39,51)(H,40,52)(H,41,47)(H,42,49)(H,43,48)(H,44,50)/t17-,22+,23+,24+,26-,27-/m1/s1. The number of aliphatic hydroxyl groups excluding tert-OH is 1. The monoisotopic (exact) mass is 746 g/mol. The number of hydrogen-bond donors (Lipinski definition) is 11. The molecule has 6 atom stereocenters. The highest BCUT2D eigenvalue weighted by Crippen LogP contribution is 2.22. The van der Waals surface area contributed by atoms with Crippen LogP contribution in [0.1, 0.15) is 43.5 Å². The number of nitrogens with two attached hydrogens (primary N) is 4. The van der Waals surface area contributed by atoms with Gasteiger partial charge in [-0.2, -0.15) is 0 Å². The largest absolute Gasteiger partial charge is 0.391 e. The lowest BCUT2D eigenvalue weighted by Crippen LogP contribution is -2.63. The molecule has 6 amide bonds. The Balaban J connectivity index is 2.04. The molecule has 0 aliphatic heterocycles. The maximum absolute atomic E-state index is 13.1. The summed E-state index contributed by atoms with van der Waals surface area (Å²) in [5, 5.41) is 24.6. The molecule has 0 aliphatic rings. The van der Waals surface area contributed by atoms with E-state index in [1.807, 2.05) is 12.1 Å². The second-order valence-electron chi connectivity index (χ2n) is 11.6. The van der Waals surface area contributed by atoms with Crippen LogP contribution in [0.25, 0.3) is 11.1 Å². The average Bonchev–Trinajstić information content (AvgIpc) is 3.11. The molecular formula is C33H47ClN10O8. The fourth-order valence-corrected chi connectivity index (χ4v) is 4.75. The van der Waals surface area contributed by atoms with Crippen LogP contribution in [0.2, 0.25) is 5.02 Å². The van der Waals surface area contributed by atoms with Gasteiger partial charge in [0.25, 0.3) is 23.5 Å². The summed E-state index contributed by atoms with van der Waals surface area (Å²) in [6.07, 6.45) is -4.14. The van der Waals surface area contributed by atoms with E-state index >= 15 is 0 Å². The first-order valence-corrected chi connectivity index (χ1v) is 16.8. The van der Waals surface area contributed by atoms with Crippen molar-refractivity contribution in [3.8, 4) is 11.1 Å². The van der Waals surface area contributed by atoms with Crippen molar-refractivity contribution >= 4 is 52.8 Å². The molecule has 2 rings (SSSR count). The number of hydrogen-bond acceptors (Lipinski definition) is 12. The van der Waals surface area contributed by atoms with Gasteiger partial charge in [0.15, 0.2) is 6.17 Å². The highest BCUT2D eigenvalue weighted by molar-refractivity contribution is 6.38. The van der Waals surface area contributed by atoms with Crippen LogP contribution >= 0.6 is 11.6 Å². The third-order valence-corrected chi connectivity index (χ3v) is 7.80. The van der Waals surface area contributed by atoms with E-state index in [2.05, 4.69) is 31.9 Å². The maximum Gasteiger partial charge on any atom is 0.291 e. The summed E-state index contributed by atoms with van der Waals surface area (Å²) < 4.78 is 0. The van der Waals surface area contributed by atoms with Gasteiger partial charge in [-0.3, -0.25) is 33.6 Å². The first-order valence-electron chi connectivity index (χ1n) is 16.4. The SMILES string of the molecule is CCNC(=O)C(=O)[C@H](N)NC(=O)[C@H](CCCCN)NC(=O)[C@H](N)NC(=O)[C@@H](NC(=O)[C@H](CN)NC(=O)c1ccc(-c2ccc(Cl)cc2)cc1)[C@@H](C)O. The summed E-state index contributed by atoms with van der Waals surface area (Å²) in [7, 11) is 0. The van der Waals surface area contributed by atoms with Crippen molar-refractivity contribution in [2.45, 2.75) is 69.7 Å². The Bertz CT molecular complexity index is 1560. The molecule has 2 aromatic rings. The maximum atomic E-state index is 13.1. The molecule has 2 aromatic carbocycles. The highest BCUT2D eigenvalue weighted by atomic mass is 35.5. The molecule has 15 N–H and O–H groups in total. The summed E-state index contributed by atoms with van der Waals surface area (Å²) in [5.74, 6) is -6.70. The molecule has 0 bridgehead atoms. The zero-order valence-corrected chi connectivity index (χ0v) is 29.6. The number of unbranched alkanes of at least 4 members (excludes halogenated alkanes) is 1. The summed E-state index contributed by atoms with van der Waals surface area (Å²) in [6.45, 7) is 2.84. The van der Waals surface area contributed by atoms with Gasteiger partial charge < -0.3 is 59.9 Å². The predicted octanol–water partition coefficient (Wildman–Crippen LogP) is -2.95. The van der Waals surface area contributed by atoms with Crippen LogP contribution in [-0.2, 0) is 28.8 Å². The minimum Gasteiger partial charge on any atom is -0.391 e. The van der Waals surface area contributed by atoms with Crippen LogP contribution < -0.4 is 54.8 Å². The van der Waals surface area contributed by atoms with Gasteiger partial charge in [-0.05, 0) is 75.0 Å². The van der Waals surface area contributed by atoms with Gasteiger partial charge in [0.2, 0.25) is 17.7 Å². The number of carbonyl (C=O) groups is 7. The van der Waals surface area contributed by atoms with Crippen molar-refractivity contribution in [3.63, 3.8) is 0 Å². The number of benzene rings is 2. The van der Waals surface area contributed by atoms with E-state index in [-0.39, 0.29) is 31.6 Å². The quantitative estimate of drug-likeness (QED) is 0.0368. The number of halogens is 1. The zero-order valence-electron chi connectivity index (χ0n) is 28.8. The number of Topliss-reactive ketones (excluding diaryl/α,β-unsaturated/α-hetero) is 1. The molecule has 0 radical (unpaired) electrons. The third kappa shape index (κ3) is 13.3. The van der Waals surface area contributed by atoms with Crippen LogP contribution in [0.5, 0.6) is 0 Å². The van der Waals surface area contributed by atoms with E-state index in [0.29, 0.717) is 17.9 Å². The number of aliphatic hydroxyl groups is 1. The molecule has 52 heavy (non-hydrogen) atoms. The van der Waals surface area contributed by atoms with Crippen molar-refractivity contribution in [1.82, 2.24) is 31.9 Å². The van der Waals surface area contributed by atoms with Gasteiger partial charge in [0.1, 0.15) is 24.3 Å². The van der Waals surface area contributed by atoms with Crippen molar-refractivity contribution < 1.29 is 38.7 Å². The Labute approximate surface area is 305 Å². The van der Waals surface area contributed by atoms with Crippen LogP contribution in [0, 0.1) is 0 Å². The van der Waals surface area contributed by atoms with Gasteiger partial charge in [-0.15, -0.1) is 0 Å². The van der Waals surface area contributed by atoms with Gasteiger partial charge in [0.05, 0.1) is 6.10 Å². The molecule has 18 nitrogen and oxygen atoms in total. The van der Waals surface area contributed by atoms with Crippen molar-refractivity contribution in [1.29, 1.82) is 0 Å². The minimum atomic E-state index is -1.79. The highest BCUT2D eigenvalue weighted by Gasteiger charge is 2.33. The topological polar surface area (TPSA) is 316 Å². The number of rotatable bonds is 20. The van der Waals surface area contributed by atoms with Crippen LogP contribution in [0.3, 0.4) is 0 Å². The summed E-state index contributed by atoms with van der Waals surface area (Å²) in [6, 6.07) is 9.35. The molecule has 0 aliphatic carbocycles. The fourth-order valence-electron chi connectivity index (χ4n) is 4.63. The number of likely N-dealkylation sites (N-methyl/N-ethyl adjacent to an activating group) is 1. The third-order valence-electron chi connectivity index (χ3n) is 7.55. The van der Waals surface area contributed by atoms with E-state index in [1.54, 1.807) is 43.3 Å². The Hall–Kier alpha value is -4.98. The first-order chi connectivity index (χ1) is 24.6. The molecule has 284 valence electrons. The fraction of sp³-hybridized carbons (Fsp3) is 0.424. The first kappa shape index (κ1) is 43.2.